The zero-order valence-corrected chi connectivity index (χ0v) is 15.1. The number of amides is 1. The number of thioether (sulfide) groups is 1. The largest absolute Gasteiger partial charge is 0.449 e. The quantitative estimate of drug-likeness (QED) is 0.659. The van der Waals surface area contributed by atoms with E-state index < -0.39 is 18.0 Å². The fourth-order valence-electron chi connectivity index (χ4n) is 2.17. The minimum Gasteiger partial charge on any atom is -0.449 e. The lowest BCUT2D eigenvalue weighted by atomic mass is 10.2. The van der Waals surface area contributed by atoms with Crippen molar-refractivity contribution in [2.75, 3.05) is 11.6 Å². The first-order valence-corrected chi connectivity index (χ1v) is 8.58. The highest BCUT2D eigenvalue weighted by Gasteiger charge is 2.23. The molecule has 2 rings (SSSR count). The number of carbonyl (C=O) groups excluding carboxylic acids is 2. The third-order valence-corrected chi connectivity index (χ3v) is 4.31. The van der Waals surface area contributed by atoms with Crippen molar-refractivity contribution >= 4 is 29.3 Å². The van der Waals surface area contributed by atoms with Crippen LogP contribution >= 0.6 is 11.8 Å². The first-order chi connectivity index (χ1) is 11.3. The van der Waals surface area contributed by atoms with Gasteiger partial charge >= 0.3 is 5.97 Å². The van der Waals surface area contributed by atoms with Gasteiger partial charge in [0.2, 0.25) is 0 Å². The minimum atomic E-state index is -0.939. The molecule has 7 nitrogen and oxygen atoms in total. The number of hydrogen-bond acceptors (Lipinski definition) is 6. The number of pyridine rings is 1. The van der Waals surface area contributed by atoms with Gasteiger partial charge in [0.15, 0.2) is 6.10 Å². The van der Waals surface area contributed by atoms with Crippen molar-refractivity contribution in [3.8, 4) is 0 Å². The molecule has 0 aliphatic rings. The molecule has 0 saturated heterocycles. The first-order valence-electron chi connectivity index (χ1n) is 7.36. The second kappa shape index (κ2) is 7.48. The number of nitrogens with one attached hydrogen (secondary N) is 1. The Labute approximate surface area is 144 Å². The minimum absolute atomic E-state index is 0.346. The third-order valence-electron chi connectivity index (χ3n) is 3.59. The lowest BCUT2D eigenvalue weighted by molar-refractivity contribution is -0.123. The molecule has 1 amide bonds. The van der Waals surface area contributed by atoms with Crippen molar-refractivity contribution in [1.29, 1.82) is 0 Å². The molecule has 2 aromatic rings. The Kier molecular flexibility index (Phi) is 5.61. The van der Waals surface area contributed by atoms with Gasteiger partial charge in [0, 0.05) is 13.2 Å². The average Bonchev–Trinajstić information content (AvgIpc) is 2.80. The fraction of sp³-hybridized carbons (Fsp3) is 0.375. The molecular formula is C16H20N4O3S. The van der Waals surface area contributed by atoms with Crippen LogP contribution in [-0.2, 0) is 16.6 Å². The molecule has 0 bridgehead atoms. The third kappa shape index (κ3) is 3.76. The van der Waals surface area contributed by atoms with Crippen molar-refractivity contribution in [3.05, 3.63) is 35.3 Å². The van der Waals surface area contributed by atoms with Crippen LogP contribution in [0.25, 0.3) is 0 Å². The first kappa shape index (κ1) is 18.0. The van der Waals surface area contributed by atoms with Crippen LogP contribution in [0.5, 0.6) is 0 Å². The van der Waals surface area contributed by atoms with E-state index in [-0.39, 0.29) is 0 Å². The summed E-state index contributed by atoms with van der Waals surface area (Å²) in [6.07, 6.45) is 2.49. The van der Waals surface area contributed by atoms with Gasteiger partial charge in [-0.3, -0.25) is 9.48 Å². The van der Waals surface area contributed by atoms with E-state index in [9.17, 15) is 9.59 Å². The SMILES string of the molecule is CSc1ncccc1C(=O)O[C@H](C)C(=O)Nc1c(C)nn(C)c1C. The molecule has 0 radical (unpaired) electrons. The number of carbonyl (C=O) groups is 2. The zero-order chi connectivity index (χ0) is 17.9. The lowest BCUT2D eigenvalue weighted by Gasteiger charge is -2.14. The molecule has 1 atom stereocenters. The van der Waals surface area contributed by atoms with Crippen LogP contribution in [-0.4, -0.2) is 39.0 Å². The summed E-state index contributed by atoms with van der Waals surface area (Å²) in [6, 6.07) is 3.28. The molecule has 2 aromatic heterocycles. The van der Waals surface area contributed by atoms with E-state index in [0.29, 0.717) is 22.0 Å². The van der Waals surface area contributed by atoms with Gasteiger partial charge in [-0.25, -0.2) is 9.78 Å². The maximum Gasteiger partial charge on any atom is 0.341 e. The number of rotatable bonds is 5. The molecule has 24 heavy (non-hydrogen) atoms. The smallest absolute Gasteiger partial charge is 0.341 e. The number of ether oxygens (including phenoxy) is 1. The summed E-state index contributed by atoms with van der Waals surface area (Å²) >= 11 is 1.35. The second-order valence-corrected chi connectivity index (χ2v) is 6.06. The summed E-state index contributed by atoms with van der Waals surface area (Å²) in [5.41, 5.74) is 2.52. The predicted molar refractivity (Wildman–Crippen MR) is 92.2 cm³/mol. The Balaban J connectivity index is 2.07. The molecule has 0 saturated carbocycles. The maximum absolute atomic E-state index is 12.3. The molecule has 0 aliphatic carbocycles. The van der Waals surface area contributed by atoms with E-state index in [4.69, 9.17) is 4.74 Å². The van der Waals surface area contributed by atoms with Crippen molar-refractivity contribution in [2.45, 2.75) is 31.9 Å². The topological polar surface area (TPSA) is 86.1 Å². The number of esters is 1. The molecule has 2 heterocycles. The van der Waals surface area contributed by atoms with Gasteiger partial charge in [0.05, 0.1) is 22.6 Å². The highest BCUT2D eigenvalue weighted by Crippen LogP contribution is 2.20. The van der Waals surface area contributed by atoms with Crippen LogP contribution < -0.4 is 5.32 Å². The van der Waals surface area contributed by atoms with Gasteiger partial charge in [0.1, 0.15) is 5.03 Å². The number of nitrogens with zero attached hydrogens (tertiary/aromatic N) is 3. The van der Waals surface area contributed by atoms with Crippen molar-refractivity contribution in [3.63, 3.8) is 0 Å². The normalized spacial score (nSPS) is 11.9. The average molecular weight is 348 g/mol. The Morgan fingerprint density at radius 3 is 2.67 bits per heavy atom. The van der Waals surface area contributed by atoms with Crippen LogP contribution in [0.3, 0.4) is 0 Å². The van der Waals surface area contributed by atoms with Crippen LogP contribution in [0.2, 0.25) is 0 Å². The summed E-state index contributed by atoms with van der Waals surface area (Å²) in [5.74, 6) is -0.980. The van der Waals surface area contributed by atoms with Gasteiger partial charge in [-0.05, 0) is 39.2 Å². The molecular weight excluding hydrogens is 328 g/mol. The summed E-state index contributed by atoms with van der Waals surface area (Å²) in [4.78, 5) is 28.7. The number of aryl methyl sites for hydroxylation is 2. The number of aromatic nitrogens is 3. The van der Waals surface area contributed by atoms with Crippen LogP contribution in [0.4, 0.5) is 5.69 Å². The molecule has 8 heteroatoms. The summed E-state index contributed by atoms with van der Waals surface area (Å²) in [6.45, 7) is 5.19. The van der Waals surface area contributed by atoms with E-state index in [1.165, 1.54) is 18.7 Å². The van der Waals surface area contributed by atoms with Gasteiger partial charge in [-0.1, -0.05) is 0 Å². The van der Waals surface area contributed by atoms with E-state index >= 15 is 0 Å². The molecule has 0 aromatic carbocycles. The molecule has 0 aliphatic heterocycles. The van der Waals surface area contributed by atoms with Crippen molar-refractivity contribution in [1.82, 2.24) is 14.8 Å². The van der Waals surface area contributed by atoms with Gasteiger partial charge in [-0.2, -0.15) is 5.10 Å². The van der Waals surface area contributed by atoms with Crippen LogP contribution in [0, 0.1) is 13.8 Å². The standard InChI is InChI=1S/C16H20N4O3S/c1-9-13(10(2)20(4)19-9)18-14(21)11(3)23-16(22)12-7-6-8-17-15(12)24-5/h6-8,11H,1-5H3,(H,18,21)/t11-/m1/s1. The molecule has 0 fully saturated rings. The molecule has 0 unspecified atom stereocenters. The summed E-state index contributed by atoms with van der Waals surface area (Å²) in [5, 5.41) is 7.57. The molecule has 128 valence electrons. The Morgan fingerprint density at radius 2 is 2.08 bits per heavy atom. The van der Waals surface area contributed by atoms with Crippen LogP contribution in [0.1, 0.15) is 28.7 Å². The fourth-order valence-corrected chi connectivity index (χ4v) is 2.70. The van der Waals surface area contributed by atoms with E-state index in [1.807, 2.05) is 13.2 Å². The Morgan fingerprint density at radius 1 is 1.38 bits per heavy atom. The van der Waals surface area contributed by atoms with E-state index in [0.717, 1.165) is 5.69 Å². The Bertz CT molecular complexity index is 773. The molecule has 1 N–H and O–H groups in total. The zero-order valence-electron chi connectivity index (χ0n) is 14.3. The lowest BCUT2D eigenvalue weighted by Crippen LogP contribution is -2.30. The highest BCUT2D eigenvalue weighted by molar-refractivity contribution is 7.98. The second-order valence-electron chi connectivity index (χ2n) is 5.27. The maximum atomic E-state index is 12.3. The van der Waals surface area contributed by atoms with E-state index in [2.05, 4.69) is 15.4 Å². The van der Waals surface area contributed by atoms with Crippen LogP contribution in [0.15, 0.2) is 23.4 Å². The molecule has 0 spiro atoms. The van der Waals surface area contributed by atoms with Gasteiger partial charge < -0.3 is 10.1 Å². The predicted octanol–water partition coefficient (Wildman–Crippen LogP) is 2.34. The van der Waals surface area contributed by atoms with Crippen molar-refractivity contribution in [2.24, 2.45) is 7.05 Å². The van der Waals surface area contributed by atoms with E-state index in [1.54, 1.807) is 37.0 Å². The Hall–Kier alpha value is -2.35. The number of hydrogen-bond donors (Lipinski definition) is 1. The highest BCUT2D eigenvalue weighted by atomic mass is 32.2. The monoisotopic (exact) mass is 348 g/mol. The number of anilines is 1. The summed E-state index contributed by atoms with van der Waals surface area (Å²) < 4.78 is 6.95. The van der Waals surface area contributed by atoms with Gasteiger partial charge in [-0.15, -0.1) is 11.8 Å². The van der Waals surface area contributed by atoms with Crippen molar-refractivity contribution < 1.29 is 14.3 Å². The summed E-state index contributed by atoms with van der Waals surface area (Å²) in [7, 11) is 1.80. The van der Waals surface area contributed by atoms with Gasteiger partial charge in [0.25, 0.3) is 5.91 Å².